The summed E-state index contributed by atoms with van der Waals surface area (Å²) in [6, 6.07) is 0. The number of carbonyl (C=O) groups is 1. The van der Waals surface area contributed by atoms with E-state index < -0.39 is 0 Å². The Labute approximate surface area is 104 Å². The normalized spacial score (nSPS) is 20.2. The first-order chi connectivity index (χ1) is 8.31. The van der Waals surface area contributed by atoms with E-state index >= 15 is 0 Å². The van der Waals surface area contributed by atoms with Crippen molar-refractivity contribution in [2.24, 2.45) is 0 Å². The minimum atomic E-state index is -0.106. The summed E-state index contributed by atoms with van der Waals surface area (Å²) in [5.41, 5.74) is 0.759. The number of morpholine rings is 1. The fourth-order valence-corrected chi connectivity index (χ4v) is 2.32. The van der Waals surface area contributed by atoms with Gasteiger partial charge in [-0.05, 0) is 18.0 Å². The van der Waals surface area contributed by atoms with Gasteiger partial charge in [0.1, 0.15) is 4.88 Å². The molecule has 1 aliphatic rings. The van der Waals surface area contributed by atoms with Gasteiger partial charge in [-0.3, -0.25) is 4.79 Å². The van der Waals surface area contributed by atoms with Gasteiger partial charge < -0.3 is 15.4 Å². The van der Waals surface area contributed by atoms with Crippen molar-refractivity contribution < 1.29 is 9.53 Å². The molecule has 1 saturated heterocycles. The zero-order valence-electron chi connectivity index (χ0n) is 9.73. The first-order valence-electron chi connectivity index (χ1n) is 5.73. The van der Waals surface area contributed by atoms with Gasteiger partial charge in [0.05, 0.1) is 18.4 Å². The Morgan fingerprint density at radius 3 is 3.29 bits per heavy atom. The molecule has 1 fully saturated rings. The van der Waals surface area contributed by atoms with Crippen molar-refractivity contribution in [3.05, 3.63) is 10.6 Å². The molecule has 6 nitrogen and oxygen atoms in total. The standard InChI is InChI=1S/C10H16N4O2S/c1-2-8-9(17-14-13-8)10(15)12-6-7-5-11-3-4-16-7/h7,11H,2-6H2,1H3,(H,12,15). The highest BCUT2D eigenvalue weighted by Gasteiger charge is 2.18. The number of aryl methyl sites for hydroxylation is 1. The van der Waals surface area contributed by atoms with Crippen molar-refractivity contribution in [2.75, 3.05) is 26.2 Å². The summed E-state index contributed by atoms with van der Waals surface area (Å²) < 4.78 is 9.29. The third-order valence-electron chi connectivity index (χ3n) is 2.59. The molecule has 0 bridgehead atoms. The van der Waals surface area contributed by atoms with Crippen molar-refractivity contribution >= 4 is 17.4 Å². The molecule has 0 aromatic carbocycles. The molecule has 0 aliphatic carbocycles. The molecule has 2 N–H and O–H groups in total. The second-order valence-electron chi connectivity index (χ2n) is 3.81. The number of rotatable bonds is 4. The Bertz CT molecular complexity index is 376. The third kappa shape index (κ3) is 3.21. The minimum absolute atomic E-state index is 0.0543. The number of hydrogen-bond donors (Lipinski definition) is 2. The molecule has 0 saturated carbocycles. The first-order valence-corrected chi connectivity index (χ1v) is 6.50. The Morgan fingerprint density at radius 1 is 1.71 bits per heavy atom. The lowest BCUT2D eigenvalue weighted by atomic mass is 10.2. The number of nitrogens with one attached hydrogen (secondary N) is 2. The molecule has 2 heterocycles. The lowest BCUT2D eigenvalue weighted by Crippen LogP contribution is -2.45. The summed E-state index contributed by atoms with van der Waals surface area (Å²) in [5, 5.41) is 9.99. The van der Waals surface area contributed by atoms with Gasteiger partial charge in [-0.2, -0.15) is 0 Å². The Kier molecular flexibility index (Phi) is 4.41. The van der Waals surface area contributed by atoms with E-state index in [1.54, 1.807) is 0 Å². The second-order valence-corrected chi connectivity index (χ2v) is 4.56. The second kappa shape index (κ2) is 6.04. The monoisotopic (exact) mass is 256 g/mol. The molecule has 0 spiro atoms. The van der Waals surface area contributed by atoms with Crippen LogP contribution in [0.2, 0.25) is 0 Å². The fourth-order valence-electron chi connectivity index (χ4n) is 1.65. The number of hydrogen-bond acceptors (Lipinski definition) is 6. The van der Waals surface area contributed by atoms with Gasteiger partial charge in [-0.15, -0.1) is 5.10 Å². The van der Waals surface area contributed by atoms with Crippen LogP contribution in [0.3, 0.4) is 0 Å². The average Bonchev–Trinajstić information content (AvgIpc) is 2.85. The Balaban J connectivity index is 1.84. The summed E-state index contributed by atoms with van der Waals surface area (Å²) in [5.74, 6) is -0.106. The van der Waals surface area contributed by atoms with Gasteiger partial charge >= 0.3 is 0 Å². The third-order valence-corrected chi connectivity index (χ3v) is 3.36. The van der Waals surface area contributed by atoms with E-state index in [0.29, 0.717) is 18.0 Å². The van der Waals surface area contributed by atoms with Gasteiger partial charge in [0.15, 0.2) is 0 Å². The molecule has 1 aliphatic heterocycles. The maximum Gasteiger partial charge on any atom is 0.265 e. The van der Waals surface area contributed by atoms with Crippen LogP contribution in [0.15, 0.2) is 0 Å². The summed E-state index contributed by atoms with van der Waals surface area (Å²) in [4.78, 5) is 12.5. The van der Waals surface area contributed by atoms with Crippen LogP contribution in [-0.2, 0) is 11.2 Å². The van der Waals surface area contributed by atoms with Gasteiger partial charge in [0, 0.05) is 19.6 Å². The van der Waals surface area contributed by atoms with Crippen molar-refractivity contribution in [1.82, 2.24) is 20.2 Å². The molecule has 2 rings (SSSR count). The van der Waals surface area contributed by atoms with Crippen LogP contribution in [-0.4, -0.2) is 47.8 Å². The van der Waals surface area contributed by atoms with Crippen LogP contribution in [0, 0.1) is 0 Å². The van der Waals surface area contributed by atoms with Gasteiger partial charge in [-0.25, -0.2) is 0 Å². The van der Waals surface area contributed by atoms with Crippen LogP contribution in [0.4, 0.5) is 0 Å². The zero-order valence-corrected chi connectivity index (χ0v) is 10.5. The van der Waals surface area contributed by atoms with E-state index in [9.17, 15) is 4.79 Å². The molecule has 17 heavy (non-hydrogen) atoms. The molecule has 1 aromatic heterocycles. The summed E-state index contributed by atoms with van der Waals surface area (Å²) in [6.07, 6.45) is 0.777. The lowest BCUT2D eigenvalue weighted by molar-refractivity contribution is 0.0287. The first kappa shape index (κ1) is 12.4. The number of amides is 1. The lowest BCUT2D eigenvalue weighted by Gasteiger charge is -2.23. The average molecular weight is 256 g/mol. The summed E-state index contributed by atoms with van der Waals surface area (Å²) >= 11 is 1.14. The van der Waals surface area contributed by atoms with Gasteiger partial charge in [0.25, 0.3) is 5.91 Å². The summed E-state index contributed by atoms with van der Waals surface area (Å²) in [6.45, 7) is 4.84. The number of nitrogens with zero attached hydrogens (tertiary/aromatic N) is 2. The number of carbonyl (C=O) groups excluding carboxylic acids is 1. The largest absolute Gasteiger partial charge is 0.374 e. The molecule has 0 radical (unpaired) electrons. The van der Waals surface area contributed by atoms with Crippen LogP contribution in [0.25, 0.3) is 0 Å². The van der Waals surface area contributed by atoms with Crippen molar-refractivity contribution in [1.29, 1.82) is 0 Å². The van der Waals surface area contributed by atoms with E-state index in [1.807, 2.05) is 6.92 Å². The van der Waals surface area contributed by atoms with Crippen molar-refractivity contribution in [2.45, 2.75) is 19.4 Å². The van der Waals surface area contributed by atoms with E-state index in [1.165, 1.54) is 0 Å². The van der Waals surface area contributed by atoms with E-state index in [2.05, 4.69) is 20.2 Å². The van der Waals surface area contributed by atoms with Crippen LogP contribution < -0.4 is 10.6 Å². The molecule has 1 amide bonds. The molecule has 1 aromatic rings. The van der Waals surface area contributed by atoms with Crippen molar-refractivity contribution in [3.8, 4) is 0 Å². The highest BCUT2D eigenvalue weighted by atomic mass is 32.1. The van der Waals surface area contributed by atoms with Crippen LogP contribution in [0.1, 0.15) is 22.3 Å². The number of ether oxygens (including phenoxy) is 1. The van der Waals surface area contributed by atoms with Crippen LogP contribution in [0.5, 0.6) is 0 Å². The summed E-state index contributed by atoms with van der Waals surface area (Å²) in [7, 11) is 0. The molecular weight excluding hydrogens is 240 g/mol. The highest BCUT2D eigenvalue weighted by molar-refractivity contribution is 7.08. The number of aromatic nitrogens is 2. The minimum Gasteiger partial charge on any atom is -0.374 e. The SMILES string of the molecule is CCc1nnsc1C(=O)NCC1CNCCO1. The van der Waals surface area contributed by atoms with E-state index in [-0.39, 0.29) is 12.0 Å². The Hall–Kier alpha value is -1.05. The quantitative estimate of drug-likeness (QED) is 0.781. The Morgan fingerprint density at radius 2 is 2.59 bits per heavy atom. The molecule has 7 heteroatoms. The van der Waals surface area contributed by atoms with E-state index in [4.69, 9.17) is 4.74 Å². The molecule has 1 unspecified atom stereocenters. The predicted molar refractivity (Wildman–Crippen MR) is 64.2 cm³/mol. The fraction of sp³-hybridized carbons (Fsp3) is 0.700. The molecule has 1 atom stereocenters. The topological polar surface area (TPSA) is 76.1 Å². The van der Waals surface area contributed by atoms with Gasteiger partial charge in [0.2, 0.25) is 0 Å². The maximum atomic E-state index is 11.9. The smallest absolute Gasteiger partial charge is 0.265 e. The maximum absolute atomic E-state index is 11.9. The molecule has 94 valence electrons. The van der Waals surface area contributed by atoms with Crippen molar-refractivity contribution in [3.63, 3.8) is 0 Å². The zero-order chi connectivity index (χ0) is 12.1. The predicted octanol–water partition coefficient (Wildman–Crippen LogP) is -0.181. The van der Waals surface area contributed by atoms with Gasteiger partial charge in [-0.1, -0.05) is 11.4 Å². The molecular formula is C10H16N4O2S. The van der Waals surface area contributed by atoms with E-state index in [0.717, 1.165) is 36.7 Å². The van der Waals surface area contributed by atoms with Crippen LogP contribution >= 0.6 is 11.5 Å². The highest BCUT2D eigenvalue weighted by Crippen LogP contribution is 2.10.